The molecule has 0 aromatic heterocycles. The van der Waals surface area contributed by atoms with Gasteiger partial charge >= 0.3 is 0 Å². The van der Waals surface area contributed by atoms with Gasteiger partial charge in [-0.2, -0.15) is 0 Å². The summed E-state index contributed by atoms with van der Waals surface area (Å²) in [5.74, 6) is 1.60. The molecule has 1 aromatic carbocycles. The van der Waals surface area contributed by atoms with Gasteiger partial charge in [0, 0.05) is 12.7 Å². The molecule has 1 aromatic rings. The van der Waals surface area contributed by atoms with Crippen LogP contribution in [-0.4, -0.2) is 25.4 Å². The van der Waals surface area contributed by atoms with E-state index in [2.05, 4.69) is 27.7 Å². The van der Waals surface area contributed by atoms with E-state index in [4.69, 9.17) is 9.47 Å². The third kappa shape index (κ3) is 5.68. The minimum absolute atomic E-state index is 0.417. The number of para-hydroxylation sites is 1. The highest BCUT2D eigenvalue weighted by atomic mass is 16.5. The maximum absolute atomic E-state index is 11.2. The summed E-state index contributed by atoms with van der Waals surface area (Å²) in [6.07, 6.45) is 1.46. The van der Waals surface area contributed by atoms with Gasteiger partial charge in [-0.25, -0.2) is 0 Å². The molecule has 0 saturated carbocycles. The fraction of sp³-hybridized carbons (Fsp3) is 0.667. The van der Waals surface area contributed by atoms with E-state index >= 15 is 0 Å². The smallest absolute Gasteiger partial charge is 0.125 e. The molecule has 0 aliphatic rings. The number of benzene rings is 1. The van der Waals surface area contributed by atoms with E-state index in [0.29, 0.717) is 25.0 Å². The summed E-state index contributed by atoms with van der Waals surface area (Å²) in [7, 11) is 1.66. The van der Waals surface area contributed by atoms with E-state index in [1.807, 2.05) is 24.3 Å². The van der Waals surface area contributed by atoms with Crippen molar-refractivity contribution in [1.29, 1.82) is 0 Å². The molecule has 0 aliphatic heterocycles. The Morgan fingerprint density at radius 1 is 1.00 bits per heavy atom. The number of hydrogen-bond acceptors (Lipinski definition) is 3. The number of ether oxygens (including phenoxy) is 2. The lowest BCUT2D eigenvalue weighted by atomic mass is 9.79. The SMILES string of the molecule is COCCOc1ccccc1C(O)(CC(C)C)CC(C)C. The Hall–Kier alpha value is -1.06. The quantitative estimate of drug-likeness (QED) is 0.700. The Labute approximate surface area is 129 Å². The van der Waals surface area contributed by atoms with Crippen LogP contribution >= 0.6 is 0 Å². The Morgan fingerprint density at radius 3 is 2.10 bits per heavy atom. The molecule has 0 bridgehead atoms. The van der Waals surface area contributed by atoms with Crippen LogP contribution in [0.5, 0.6) is 5.75 Å². The van der Waals surface area contributed by atoms with Crippen LogP contribution in [0.25, 0.3) is 0 Å². The Balaban J connectivity index is 3.05. The normalized spacial score (nSPS) is 12.2. The summed E-state index contributed by atoms with van der Waals surface area (Å²) >= 11 is 0. The van der Waals surface area contributed by atoms with Crippen molar-refractivity contribution >= 4 is 0 Å². The monoisotopic (exact) mass is 294 g/mol. The molecule has 1 N–H and O–H groups in total. The third-order valence-electron chi connectivity index (χ3n) is 3.43. The predicted molar refractivity (Wildman–Crippen MR) is 86.6 cm³/mol. The van der Waals surface area contributed by atoms with Crippen molar-refractivity contribution in [3.05, 3.63) is 29.8 Å². The zero-order valence-corrected chi connectivity index (χ0v) is 14.1. The van der Waals surface area contributed by atoms with E-state index in [0.717, 1.165) is 24.2 Å². The van der Waals surface area contributed by atoms with Gasteiger partial charge in [0.15, 0.2) is 0 Å². The first-order valence-corrected chi connectivity index (χ1v) is 7.82. The van der Waals surface area contributed by atoms with Gasteiger partial charge in [-0.05, 0) is 30.7 Å². The fourth-order valence-corrected chi connectivity index (χ4v) is 2.87. The van der Waals surface area contributed by atoms with Crippen molar-refractivity contribution in [2.45, 2.75) is 46.1 Å². The Bertz CT molecular complexity index is 403. The zero-order chi connectivity index (χ0) is 15.9. The summed E-state index contributed by atoms with van der Waals surface area (Å²) in [4.78, 5) is 0. The second-order valence-corrected chi connectivity index (χ2v) is 6.56. The van der Waals surface area contributed by atoms with Crippen LogP contribution in [-0.2, 0) is 10.3 Å². The summed E-state index contributed by atoms with van der Waals surface area (Å²) in [5, 5.41) is 11.2. The number of aliphatic hydroxyl groups is 1. The molecule has 0 atom stereocenters. The van der Waals surface area contributed by atoms with E-state index in [-0.39, 0.29) is 0 Å². The van der Waals surface area contributed by atoms with E-state index in [1.54, 1.807) is 7.11 Å². The van der Waals surface area contributed by atoms with Crippen molar-refractivity contribution < 1.29 is 14.6 Å². The lowest BCUT2D eigenvalue weighted by Crippen LogP contribution is -2.30. The van der Waals surface area contributed by atoms with Gasteiger partial charge < -0.3 is 14.6 Å². The summed E-state index contributed by atoms with van der Waals surface area (Å²) in [6, 6.07) is 7.81. The van der Waals surface area contributed by atoms with Crippen molar-refractivity contribution in [2.24, 2.45) is 11.8 Å². The molecule has 0 heterocycles. The lowest BCUT2D eigenvalue weighted by molar-refractivity contribution is -0.00725. The maximum Gasteiger partial charge on any atom is 0.125 e. The summed E-state index contributed by atoms with van der Waals surface area (Å²) < 4.78 is 10.8. The highest BCUT2D eigenvalue weighted by Crippen LogP contribution is 2.39. The maximum atomic E-state index is 11.2. The average molecular weight is 294 g/mol. The van der Waals surface area contributed by atoms with E-state index in [9.17, 15) is 5.11 Å². The second kappa shape index (κ2) is 8.40. The molecule has 0 aliphatic carbocycles. The minimum atomic E-state index is -0.841. The first-order valence-electron chi connectivity index (χ1n) is 7.82. The molecule has 0 amide bonds. The molecule has 1 rings (SSSR count). The van der Waals surface area contributed by atoms with E-state index < -0.39 is 5.60 Å². The lowest BCUT2D eigenvalue weighted by Gasteiger charge is -2.33. The highest BCUT2D eigenvalue weighted by Gasteiger charge is 2.33. The first kappa shape index (κ1) is 18.0. The summed E-state index contributed by atoms with van der Waals surface area (Å²) in [6.45, 7) is 9.59. The molecule has 3 heteroatoms. The largest absolute Gasteiger partial charge is 0.491 e. The third-order valence-corrected chi connectivity index (χ3v) is 3.43. The van der Waals surface area contributed by atoms with Gasteiger partial charge in [0.05, 0.1) is 12.2 Å². The second-order valence-electron chi connectivity index (χ2n) is 6.56. The molecule has 0 saturated heterocycles. The summed E-state index contributed by atoms with van der Waals surface area (Å²) in [5.41, 5.74) is 0.0509. The first-order chi connectivity index (χ1) is 9.89. The van der Waals surface area contributed by atoms with Crippen LogP contribution in [0.3, 0.4) is 0 Å². The molecule has 0 radical (unpaired) electrons. The van der Waals surface area contributed by atoms with Gasteiger partial charge in [0.2, 0.25) is 0 Å². The molecule has 3 nitrogen and oxygen atoms in total. The van der Waals surface area contributed by atoms with Crippen molar-refractivity contribution in [2.75, 3.05) is 20.3 Å². The topological polar surface area (TPSA) is 38.7 Å². The van der Waals surface area contributed by atoms with Gasteiger partial charge in [-0.3, -0.25) is 0 Å². The van der Waals surface area contributed by atoms with Crippen molar-refractivity contribution in [3.63, 3.8) is 0 Å². The molecule has 0 fully saturated rings. The molecular formula is C18H30O3. The Morgan fingerprint density at radius 2 is 1.57 bits per heavy atom. The molecule has 120 valence electrons. The van der Waals surface area contributed by atoms with Crippen LogP contribution < -0.4 is 4.74 Å². The average Bonchev–Trinajstić information content (AvgIpc) is 2.37. The molecule has 21 heavy (non-hydrogen) atoms. The van der Waals surface area contributed by atoms with Crippen molar-refractivity contribution in [3.8, 4) is 5.75 Å². The van der Waals surface area contributed by atoms with Gasteiger partial charge in [0.1, 0.15) is 12.4 Å². The molecule has 0 spiro atoms. The van der Waals surface area contributed by atoms with Crippen LogP contribution in [0, 0.1) is 11.8 Å². The fourth-order valence-electron chi connectivity index (χ4n) is 2.87. The molecular weight excluding hydrogens is 264 g/mol. The van der Waals surface area contributed by atoms with Crippen molar-refractivity contribution in [1.82, 2.24) is 0 Å². The number of hydrogen-bond donors (Lipinski definition) is 1. The van der Waals surface area contributed by atoms with Crippen LogP contribution in [0.15, 0.2) is 24.3 Å². The van der Waals surface area contributed by atoms with Gasteiger partial charge in [-0.15, -0.1) is 0 Å². The minimum Gasteiger partial charge on any atom is -0.491 e. The Kier molecular flexibility index (Phi) is 7.20. The molecule has 0 unspecified atom stereocenters. The predicted octanol–water partition coefficient (Wildman–Crippen LogP) is 3.99. The van der Waals surface area contributed by atoms with Crippen LogP contribution in [0.4, 0.5) is 0 Å². The zero-order valence-electron chi connectivity index (χ0n) is 14.1. The van der Waals surface area contributed by atoms with E-state index in [1.165, 1.54) is 0 Å². The van der Waals surface area contributed by atoms with Gasteiger partial charge in [0.25, 0.3) is 0 Å². The standard InChI is InChI=1S/C18H30O3/c1-14(2)12-18(19,13-15(3)4)16-8-6-7-9-17(16)21-11-10-20-5/h6-9,14-15,19H,10-13H2,1-5H3. The highest BCUT2D eigenvalue weighted by molar-refractivity contribution is 5.38. The van der Waals surface area contributed by atoms with Gasteiger partial charge in [-0.1, -0.05) is 45.9 Å². The number of methoxy groups -OCH3 is 1. The van der Waals surface area contributed by atoms with Crippen LogP contribution in [0.1, 0.15) is 46.1 Å². The number of rotatable bonds is 9. The van der Waals surface area contributed by atoms with Crippen LogP contribution in [0.2, 0.25) is 0 Å².